The van der Waals surface area contributed by atoms with Crippen LogP contribution in [0.25, 0.3) is 0 Å². The van der Waals surface area contributed by atoms with E-state index in [1.165, 1.54) is 6.07 Å². The lowest BCUT2D eigenvalue weighted by Crippen LogP contribution is -2.28. The van der Waals surface area contributed by atoms with Crippen molar-refractivity contribution in [2.45, 2.75) is 19.3 Å². The molecule has 0 unspecified atom stereocenters. The fourth-order valence-corrected chi connectivity index (χ4v) is 1.68. The summed E-state index contributed by atoms with van der Waals surface area (Å²) in [6, 6.07) is 3.57. The zero-order chi connectivity index (χ0) is 12.4. The van der Waals surface area contributed by atoms with Crippen molar-refractivity contribution < 1.29 is 19.1 Å². The van der Waals surface area contributed by atoms with Crippen LogP contribution in [0.5, 0.6) is 0 Å². The van der Waals surface area contributed by atoms with E-state index in [4.69, 9.17) is 5.11 Å². The van der Waals surface area contributed by atoms with Crippen molar-refractivity contribution in [2.24, 2.45) is 5.92 Å². The zero-order valence-electron chi connectivity index (χ0n) is 9.07. The Labute approximate surface area is 97.4 Å². The fraction of sp³-hybridized carbons (Fsp3) is 0.333. The van der Waals surface area contributed by atoms with Crippen LogP contribution in [0.3, 0.4) is 0 Å². The third-order valence-corrected chi connectivity index (χ3v) is 2.94. The molecule has 5 heteroatoms. The van der Waals surface area contributed by atoms with Crippen LogP contribution in [0.15, 0.2) is 18.2 Å². The van der Waals surface area contributed by atoms with Crippen molar-refractivity contribution in [3.05, 3.63) is 29.6 Å². The lowest BCUT2D eigenvalue weighted by molar-refractivity contribution is -0.122. The van der Waals surface area contributed by atoms with E-state index in [2.05, 4.69) is 5.32 Å². The van der Waals surface area contributed by atoms with Crippen LogP contribution in [0, 0.1) is 11.7 Å². The average Bonchev–Trinajstić information content (AvgIpc) is 2.13. The highest BCUT2D eigenvalue weighted by atomic mass is 19.1. The number of benzene rings is 1. The molecule has 0 saturated heterocycles. The number of amides is 1. The molecule has 0 atom stereocenters. The molecule has 0 aromatic heterocycles. The summed E-state index contributed by atoms with van der Waals surface area (Å²) in [6.07, 6.45) is 2.77. The minimum absolute atomic E-state index is 0.0113. The lowest BCUT2D eigenvalue weighted by atomic mass is 9.85. The number of hydrogen-bond donors (Lipinski definition) is 2. The number of carboxylic acid groups (broad SMARTS) is 1. The van der Waals surface area contributed by atoms with Gasteiger partial charge in [-0.3, -0.25) is 4.79 Å². The van der Waals surface area contributed by atoms with Crippen molar-refractivity contribution in [3.63, 3.8) is 0 Å². The van der Waals surface area contributed by atoms with Gasteiger partial charge in [0, 0.05) is 11.6 Å². The second kappa shape index (κ2) is 4.53. The molecule has 90 valence electrons. The van der Waals surface area contributed by atoms with Crippen LogP contribution in [0.2, 0.25) is 0 Å². The summed E-state index contributed by atoms with van der Waals surface area (Å²) in [5.74, 6) is -2.28. The maximum Gasteiger partial charge on any atom is 0.338 e. The van der Waals surface area contributed by atoms with E-state index in [-0.39, 0.29) is 11.8 Å². The normalized spacial score (nSPS) is 15.1. The van der Waals surface area contributed by atoms with E-state index in [0.29, 0.717) is 5.69 Å². The molecule has 1 aliphatic rings. The predicted octanol–water partition coefficient (Wildman–Crippen LogP) is 2.26. The zero-order valence-corrected chi connectivity index (χ0v) is 9.07. The number of rotatable bonds is 3. The molecule has 0 radical (unpaired) electrons. The molecular formula is C12H12FNO3. The van der Waals surface area contributed by atoms with Gasteiger partial charge in [0.2, 0.25) is 5.91 Å². The van der Waals surface area contributed by atoms with Crippen LogP contribution in [-0.4, -0.2) is 17.0 Å². The van der Waals surface area contributed by atoms with E-state index in [0.717, 1.165) is 31.4 Å². The largest absolute Gasteiger partial charge is 0.478 e. The quantitative estimate of drug-likeness (QED) is 0.847. The number of carbonyl (C=O) groups excluding carboxylic acids is 1. The van der Waals surface area contributed by atoms with Crippen LogP contribution >= 0.6 is 0 Å². The van der Waals surface area contributed by atoms with Gasteiger partial charge < -0.3 is 10.4 Å². The highest BCUT2D eigenvalue weighted by molar-refractivity contribution is 5.94. The Balaban J connectivity index is 2.09. The van der Waals surface area contributed by atoms with Crippen molar-refractivity contribution in [2.75, 3.05) is 5.32 Å². The molecule has 1 saturated carbocycles. The molecule has 0 aliphatic heterocycles. The first-order valence-corrected chi connectivity index (χ1v) is 5.41. The molecule has 2 N–H and O–H groups in total. The van der Waals surface area contributed by atoms with Gasteiger partial charge in [-0.2, -0.15) is 0 Å². The van der Waals surface area contributed by atoms with Gasteiger partial charge in [0.25, 0.3) is 0 Å². The Hall–Kier alpha value is -1.91. The average molecular weight is 237 g/mol. The van der Waals surface area contributed by atoms with E-state index < -0.39 is 17.3 Å². The van der Waals surface area contributed by atoms with Gasteiger partial charge in [-0.25, -0.2) is 9.18 Å². The number of carboxylic acids is 1. The van der Waals surface area contributed by atoms with Crippen LogP contribution in [0.4, 0.5) is 10.1 Å². The summed E-state index contributed by atoms with van der Waals surface area (Å²) in [5.41, 5.74) is -0.101. The first-order chi connectivity index (χ1) is 8.08. The van der Waals surface area contributed by atoms with Gasteiger partial charge in [0.15, 0.2) is 0 Å². The highest BCUT2D eigenvalue weighted by Gasteiger charge is 2.25. The highest BCUT2D eigenvalue weighted by Crippen LogP contribution is 2.27. The molecule has 17 heavy (non-hydrogen) atoms. The first-order valence-electron chi connectivity index (χ1n) is 5.41. The van der Waals surface area contributed by atoms with Gasteiger partial charge in [-0.1, -0.05) is 6.42 Å². The Morgan fingerprint density at radius 3 is 2.53 bits per heavy atom. The molecule has 2 rings (SSSR count). The molecule has 1 amide bonds. The standard InChI is InChI=1S/C12H12FNO3/c13-10-6-8(4-5-9(10)12(16)17)14-11(15)7-2-1-3-7/h4-7H,1-3H2,(H,14,15)(H,16,17). The van der Waals surface area contributed by atoms with Gasteiger partial charge >= 0.3 is 5.97 Å². The third kappa shape index (κ3) is 2.43. The van der Waals surface area contributed by atoms with E-state index in [1.807, 2.05) is 0 Å². The Morgan fingerprint density at radius 1 is 1.35 bits per heavy atom. The molecule has 0 heterocycles. The van der Waals surface area contributed by atoms with E-state index >= 15 is 0 Å². The van der Waals surface area contributed by atoms with Crippen LogP contribution in [-0.2, 0) is 4.79 Å². The smallest absolute Gasteiger partial charge is 0.338 e. The fourth-order valence-electron chi connectivity index (χ4n) is 1.68. The lowest BCUT2D eigenvalue weighted by Gasteiger charge is -2.24. The number of nitrogens with one attached hydrogen (secondary N) is 1. The molecule has 1 aromatic rings. The number of carbonyl (C=O) groups is 2. The second-order valence-corrected chi connectivity index (χ2v) is 4.12. The summed E-state index contributed by atoms with van der Waals surface area (Å²) in [4.78, 5) is 22.2. The van der Waals surface area contributed by atoms with Crippen LogP contribution in [0.1, 0.15) is 29.6 Å². The maximum atomic E-state index is 13.3. The van der Waals surface area contributed by atoms with Crippen molar-refractivity contribution in [3.8, 4) is 0 Å². The first kappa shape index (κ1) is 11.6. The van der Waals surface area contributed by atoms with Gasteiger partial charge in [0.1, 0.15) is 5.82 Å². The molecular weight excluding hydrogens is 225 g/mol. The maximum absolute atomic E-state index is 13.3. The molecule has 0 bridgehead atoms. The Bertz CT molecular complexity index is 469. The van der Waals surface area contributed by atoms with Crippen molar-refractivity contribution >= 4 is 17.6 Å². The predicted molar refractivity (Wildman–Crippen MR) is 59.3 cm³/mol. The summed E-state index contributed by atoms with van der Waals surface area (Å²) >= 11 is 0. The molecule has 1 aromatic carbocycles. The topological polar surface area (TPSA) is 66.4 Å². The van der Waals surface area contributed by atoms with Crippen molar-refractivity contribution in [1.82, 2.24) is 0 Å². The molecule has 1 aliphatic carbocycles. The summed E-state index contributed by atoms with van der Waals surface area (Å²) in [5, 5.41) is 11.2. The minimum Gasteiger partial charge on any atom is -0.478 e. The summed E-state index contributed by atoms with van der Waals surface area (Å²) in [7, 11) is 0. The number of anilines is 1. The Kier molecular flexibility index (Phi) is 3.08. The molecule has 1 fully saturated rings. The van der Waals surface area contributed by atoms with Gasteiger partial charge in [0.05, 0.1) is 5.56 Å². The third-order valence-electron chi connectivity index (χ3n) is 2.94. The Morgan fingerprint density at radius 2 is 2.06 bits per heavy atom. The monoisotopic (exact) mass is 237 g/mol. The van der Waals surface area contributed by atoms with Crippen LogP contribution < -0.4 is 5.32 Å². The second-order valence-electron chi connectivity index (χ2n) is 4.12. The minimum atomic E-state index is -1.32. The summed E-state index contributed by atoms with van der Waals surface area (Å²) < 4.78 is 13.3. The van der Waals surface area contributed by atoms with Gasteiger partial charge in [-0.15, -0.1) is 0 Å². The number of hydrogen-bond acceptors (Lipinski definition) is 2. The van der Waals surface area contributed by atoms with E-state index in [9.17, 15) is 14.0 Å². The number of halogens is 1. The van der Waals surface area contributed by atoms with Gasteiger partial charge in [-0.05, 0) is 31.0 Å². The molecule has 0 spiro atoms. The molecule has 4 nitrogen and oxygen atoms in total. The SMILES string of the molecule is O=C(O)c1ccc(NC(=O)C2CCC2)cc1F. The summed E-state index contributed by atoms with van der Waals surface area (Å²) in [6.45, 7) is 0. The van der Waals surface area contributed by atoms with E-state index in [1.54, 1.807) is 0 Å². The number of aromatic carboxylic acids is 1. The van der Waals surface area contributed by atoms with Crippen molar-refractivity contribution in [1.29, 1.82) is 0 Å².